The lowest BCUT2D eigenvalue weighted by Crippen LogP contribution is -2.52. The molecule has 86 valence electrons. The zero-order chi connectivity index (χ0) is 10.7. The minimum Gasteiger partial charge on any atom is -0.465 e. The molecule has 0 aromatic carbocycles. The van der Waals surface area contributed by atoms with Gasteiger partial charge in [-0.3, -0.25) is 4.90 Å². The Hall–Kier alpha value is -0.810. The molecule has 1 unspecified atom stereocenters. The van der Waals surface area contributed by atoms with Gasteiger partial charge in [0.2, 0.25) is 0 Å². The molecule has 0 saturated carbocycles. The highest BCUT2D eigenvalue weighted by Gasteiger charge is 2.28. The molecule has 0 spiro atoms. The van der Waals surface area contributed by atoms with Crippen LogP contribution in [0.15, 0.2) is 0 Å². The van der Waals surface area contributed by atoms with Gasteiger partial charge >= 0.3 is 6.09 Å². The van der Waals surface area contributed by atoms with Crippen LogP contribution in [0.4, 0.5) is 4.79 Å². The molecular weight excluding hydrogens is 196 g/mol. The van der Waals surface area contributed by atoms with Gasteiger partial charge in [0.1, 0.15) is 0 Å². The molecule has 2 rings (SSSR count). The van der Waals surface area contributed by atoms with Gasteiger partial charge in [0.05, 0.1) is 13.2 Å². The van der Waals surface area contributed by atoms with Crippen molar-refractivity contribution in [3.63, 3.8) is 0 Å². The number of nitrogens with zero attached hydrogens (tertiary/aromatic N) is 2. The first-order valence-corrected chi connectivity index (χ1v) is 5.57. The molecule has 1 N–H and O–H groups in total. The second-order valence-corrected chi connectivity index (χ2v) is 4.17. The monoisotopic (exact) mass is 214 g/mol. The topological polar surface area (TPSA) is 53.0 Å². The fourth-order valence-corrected chi connectivity index (χ4v) is 2.37. The van der Waals surface area contributed by atoms with E-state index in [0.717, 1.165) is 39.1 Å². The summed E-state index contributed by atoms with van der Waals surface area (Å²) in [7, 11) is 0. The first-order valence-electron chi connectivity index (χ1n) is 5.57. The standard InChI is InChI=1S/C10H18N2O3/c13-10(14)12-3-1-2-9(8-12)11-4-6-15-7-5-11/h9H,1-8H2,(H,13,14). The summed E-state index contributed by atoms with van der Waals surface area (Å²) >= 11 is 0. The molecule has 15 heavy (non-hydrogen) atoms. The van der Waals surface area contributed by atoms with Gasteiger partial charge in [0.15, 0.2) is 0 Å². The Morgan fingerprint density at radius 3 is 2.67 bits per heavy atom. The molecule has 0 aliphatic carbocycles. The Morgan fingerprint density at radius 2 is 2.00 bits per heavy atom. The van der Waals surface area contributed by atoms with Crippen molar-refractivity contribution in [2.75, 3.05) is 39.4 Å². The second-order valence-electron chi connectivity index (χ2n) is 4.17. The molecule has 5 nitrogen and oxygen atoms in total. The molecule has 2 aliphatic rings. The Balaban J connectivity index is 1.88. The zero-order valence-electron chi connectivity index (χ0n) is 8.89. The molecule has 2 fully saturated rings. The third-order valence-corrected chi connectivity index (χ3v) is 3.23. The number of amides is 1. The van der Waals surface area contributed by atoms with Crippen LogP contribution in [0.2, 0.25) is 0 Å². The number of likely N-dealkylation sites (tertiary alicyclic amines) is 1. The Kier molecular flexibility index (Phi) is 3.43. The molecule has 5 heteroatoms. The summed E-state index contributed by atoms with van der Waals surface area (Å²) in [5.74, 6) is 0. The lowest BCUT2D eigenvalue weighted by Gasteiger charge is -2.39. The van der Waals surface area contributed by atoms with E-state index in [1.165, 1.54) is 4.90 Å². The number of piperidine rings is 1. The fraction of sp³-hybridized carbons (Fsp3) is 0.900. The predicted octanol–water partition coefficient (Wildman–Crippen LogP) is 0.461. The van der Waals surface area contributed by atoms with Crippen LogP contribution in [0.1, 0.15) is 12.8 Å². The van der Waals surface area contributed by atoms with E-state index in [1.807, 2.05) is 0 Å². The maximum atomic E-state index is 10.9. The lowest BCUT2D eigenvalue weighted by atomic mass is 10.0. The molecule has 0 aromatic rings. The van der Waals surface area contributed by atoms with Crippen molar-refractivity contribution in [3.8, 4) is 0 Å². The smallest absolute Gasteiger partial charge is 0.407 e. The second kappa shape index (κ2) is 4.81. The Bertz CT molecular complexity index is 229. The van der Waals surface area contributed by atoms with E-state index in [-0.39, 0.29) is 0 Å². The van der Waals surface area contributed by atoms with Crippen LogP contribution in [-0.4, -0.2) is 66.4 Å². The van der Waals surface area contributed by atoms with Gasteiger partial charge in [-0.2, -0.15) is 0 Å². The first-order chi connectivity index (χ1) is 7.27. The van der Waals surface area contributed by atoms with Crippen LogP contribution in [-0.2, 0) is 4.74 Å². The maximum absolute atomic E-state index is 10.9. The van der Waals surface area contributed by atoms with E-state index in [9.17, 15) is 4.79 Å². The number of hydrogen-bond donors (Lipinski definition) is 1. The minimum absolute atomic E-state index is 0.402. The SMILES string of the molecule is O=C(O)N1CCCC(N2CCOCC2)C1. The van der Waals surface area contributed by atoms with Crippen molar-refractivity contribution < 1.29 is 14.6 Å². The zero-order valence-corrected chi connectivity index (χ0v) is 8.89. The summed E-state index contributed by atoms with van der Waals surface area (Å²) in [6.07, 6.45) is 1.31. The highest BCUT2D eigenvalue weighted by molar-refractivity contribution is 5.65. The lowest BCUT2D eigenvalue weighted by molar-refractivity contribution is -0.000729. The summed E-state index contributed by atoms with van der Waals surface area (Å²) in [6, 6.07) is 0.402. The van der Waals surface area contributed by atoms with E-state index < -0.39 is 6.09 Å². The maximum Gasteiger partial charge on any atom is 0.407 e. The van der Waals surface area contributed by atoms with E-state index in [4.69, 9.17) is 9.84 Å². The molecular formula is C10H18N2O3. The number of carboxylic acid groups (broad SMARTS) is 1. The van der Waals surface area contributed by atoms with E-state index in [2.05, 4.69) is 4.90 Å². The molecule has 2 heterocycles. The van der Waals surface area contributed by atoms with E-state index in [1.54, 1.807) is 0 Å². The summed E-state index contributed by atoms with van der Waals surface area (Å²) in [5, 5.41) is 8.94. The quantitative estimate of drug-likeness (QED) is 0.689. The molecule has 2 saturated heterocycles. The molecule has 1 atom stereocenters. The minimum atomic E-state index is -0.784. The fourth-order valence-electron chi connectivity index (χ4n) is 2.37. The van der Waals surface area contributed by atoms with Crippen molar-refractivity contribution in [2.24, 2.45) is 0 Å². The third kappa shape index (κ3) is 2.60. The average molecular weight is 214 g/mol. The van der Waals surface area contributed by atoms with Crippen molar-refractivity contribution in [1.82, 2.24) is 9.80 Å². The van der Waals surface area contributed by atoms with Crippen LogP contribution >= 0.6 is 0 Å². The van der Waals surface area contributed by atoms with Gasteiger partial charge in [-0.1, -0.05) is 0 Å². The van der Waals surface area contributed by atoms with Gasteiger partial charge in [-0.05, 0) is 12.8 Å². The largest absolute Gasteiger partial charge is 0.465 e. The van der Waals surface area contributed by atoms with Gasteiger partial charge in [-0.25, -0.2) is 4.79 Å². The molecule has 0 radical (unpaired) electrons. The number of hydrogen-bond acceptors (Lipinski definition) is 3. The van der Waals surface area contributed by atoms with Gasteiger partial charge in [0, 0.05) is 32.2 Å². The van der Waals surface area contributed by atoms with Crippen LogP contribution in [0, 0.1) is 0 Å². The predicted molar refractivity (Wildman–Crippen MR) is 55.0 cm³/mol. The number of morpholine rings is 1. The van der Waals surface area contributed by atoms with Crippen molar-refractivity contribution in [2.45, 2.75) is 18.9 Å². The summed E-state index contributed by atoms with van der Waals surface area (Å²) in [6.45, 7) is 4.80. The number of ether oxygens (including phenoxy) is 1. The van der Waals surface area contributed by atoms with E-state index >= 15 is 0 Å². The average Bonchev–Trinajstić information content (AvgIpc) is 2.30. The van der Waals surface area contributed by atoms with Crippen LogP contribution in [0.3, 0.4) is 0 Å². The van der Waals surface area contributed by atoms with Crippen molar-refractivity contribution >= 4 is 6.09 Å². The van der Waals surface area contributed by atoms with Crippen molar-refractivity contribution in [1.29, 1.82) is 0 Å². The van der Waals surface area contributed by atoms with Crippen LogP contribution in [0.25, 0.3) is 0 Å². The summed E-state index contributed by atoms with van der Waals surface area (Å²) < 4.78 is 5.29. The summed E-state index contributed by atoms with van der Waals surface area (Å²) in [4.78, 5) is 14.8. The molecule has 2 aliphatic heterocycles. The third-order valence-electron chi connectivity index (χ3n) is 3.23. The Morgan fingerprint density at radius 1 is 1.27 bits per heavy atom. The number of carbonyl (C=O) groups is 1. The first kappa shape index (κ1) is 10.7. The highest BCUT2D eigenvalue weighted by Crippen LogP contribution is 2.16. The molecule has 0 bridgehead atoms. The normalized spacial score (nSPS) is 29.1. The van der Waals surface area contributed by atoms with Crippen LogP contribution < -0.4 is 0 Å². The highest BCUT2D eigenvalue weighted by atomic mass is 16.5. The van der Waals surface area contributed by atoms with Crippen LogP contribution in [0.5, 0.6) is 0 Å². The summed E-state index contributed by atoms with van der Waals surface area (Å²) in [5.41, 5.74) is 0. The van der Waals surface area contributed by atoms with Crippen molar-refractivity contribution in [3.05, 3.63) is 0 Å². The van der Waals surface area contributed by atoms with Gasteiger partial charge in [-0.15, -0.1) is 0 Å². The van der Waals surface area contributed by atoms with Gasteiger partial charge in [0.25, 0.3) is 0 Å². The number of rotatable bonds is 1. The Labute approximate surface area is 89.6 Å². The molecule has 0 aromatic heterocycles. The van der Waals surface area contributed by atoms with E-state index in [0.29, 0.717) is 19.1 Å². The molecule has 1 amide bonds. The van der Waals surface area contributed by atoms with Gasteiger partial charge < -0.3 is 14.7 Å².